The van der Waals surface area contributed by atoms with Crippen LogP contribution in [0, 0.1) is 0 Å². The van der Waals surface area contributed by atoms with E-state index in [2.05, 4.69) is 20.8 Å². The minimum atomic E-state index is -0.755. The average molecular weight is 695 g/mol. The minimum Gasteiger partial charge on any atom is -0.462 e. The van der Waals surface area contributed by atoms with Crippen molar-refractivity contribution in [2.45, 2.75) is 245 Å². The zero-order chi connectivity index (χ0) is 35.9. The summed E-state index contributed by atoms with van der Waals surface area (Å²) in [6.07, 6.45) is 38.2. The average Bonchev–Trinajstić information content (AvgIpc) is 3.09. The highest BCUT2D eigenvalue weighted by atomic mass is 16.6. The number of esters is 3. The van der Waals surface area contributed by atoms with Crippen molar-refractivity contribution >= 4 is 17.9 Å². The highest BCUT2D eigenvalue weighted by Crippen LogP contribution is 2.15. The SMILES string of the molecule is CCCCCCCCCCCCCCCCCC(=O)O[C@H](COC(=O)CCCCCCC)COC(=O)CCCCCCCCCCCCC. The van der Waals surface area contributed by atoms with Crippen LogP contribution in [0.2, 0.25) is 0 Å². The van der Waals surface area contributed by atoms with Crippen molar-refractivity contribution < 1.29 is 28.6 Å². The molecule has 6 nitrogen and oxygen atoms in total. The van der Waals surface area contributed by atoms with Crippen LogP contribution in [0.4, 0.5) is 0 Å². The van der Waals surface area contributed by atoms with E-state index in [1.807, 2.05) is 0 Å². The molecule has 0 aromatic carbocycles. The molecule has 0 saturated carbocycles. The Bertz CT molecular complexity index is 723. The van der Waals surface area contributed by atoms with Crippen LogP contribution in [0.3, 0.4) is 0 Å². The fraction of sp³-hybridized carbons (Fsp3) is 0.930. The Morgan fingerprint density at radius 2 is 0.551 bits per heavy atom. The van der Waals surface area contributed by atoms with Crippen LogP contribution in [0.15, 0.2) is 0 Å². The van der Waals surface area contributed by atoms with E-state index >= 15 is 0 Å². The number of hydrogen-bond acceptors (Lipinski definition) is 6. The highest BCUT2D eigenvalue weighted by molar-refractivity contribution is 5.71. The molecule has 0 spiro atoms. The third kappa shape index (κ3) is 37.5. The smallest absolute Gasteiger partial charge is 0.306 e. The largest absolute Gasteiger partial charge is 0.462 e. The lowest BCUT2D eigenvalue weighted by atomic mass is 10.0. The zero-order valence-electron chi connectivity index (χ0n) is 33.0. The van der Waals surface area contributed by atoms with Gasteiger partial charge in [0.15, 0.2) is 6.10 Å². The van der Waals surface area contributed by atoms with Crippen LogP contribution in [0.5, 0.6) is 0 Å². The first-order chi connectivity index (χ1) is 24.0. The summed E-state index contributed by atoms with van der Waals surface area (Å²) >= 11 is 0. The van der Waals surface area contributed by atoms with E-state index in [0.29, 0.717) is 19.3 Å². The Kier molecular flexibility index (Phi) is 37.9. The predicted molar refractivity (Wildman–Crippen MR) is 206 cm³/mol. The maximum atomic E-state index is 12.6. The maximum Gasteiger partial charge on any atom is 0.306 e. The van der Waals surface area contributed by atoms with Gasteiger partial charge in [0, 0.05) is 19.3 Å². The summed E-state index contributed by atoms with van der Waals surface area (Å²) in [5, 5.41) is 0. The summed E-state index contributed by atoms with van der Waals surface area (Å²) in [5.74, 6) is -0.870. The van der Waals surface area contributed by atoms with Crippen molar-refractivity contribution in [3.63, 3.8) is 0 Å². The number of hydrogen-bond donors (Lipinski definition) is 0. The second-order valence-electron chi connectivity index (χ2n) is 14.6. The van der Waals surface area contributed by atoms with E-state index in [4.69, 9.17) is 14.2 Å². The van der Waals surface area contributed by atoms with Crippen LogP contribution in [-0.4, -0.2) is 37.2 Å². The quantitative estimate of drug-likeness (QED) is 0.0362. The van der Waals surface area contributed by atoms with Gasteiger partial charge in [-0.25, -0.2) is 0 Å². The molecule has 0 aliphatic heterocycles. The molecule has 0 radical (unpaired) electrons. The van der Waals surface area contributed by atoms with Crippen molar-refractivity contribution in [2.75, 3.05) is 13.2 Å². The molecule has 0 aromatic rings. The Morgan fingerprint density at radius 3 is 0.816 bits per heavy atom. The Morgan fingerprint density at radius 1 is 0.327 bits per heavy atom. The molecule has 0 rings (SSSR count). The summed E-state index contributed by atoms with van der Waals surface area (Å²) < 4.78 is 16.6. The standard InChI is InChI=1S/C43H82O6/c1-4-7-10-13-15-17-19-20-21-22-24-26-28-31-34-37-43(46)49-40(38-47-41(44)35-32-29-12-9-6-3)39-48-42(45)36-33-30-27-25-23-18-16-14-11-8-5-2/h40H,4-39H2,1-3H3/t40-/m1/s1. The van der Waals surface area contributed by atoms with Crippen molar-refractivity contribution in [1.29, 1.82) is 0 Å². The molecular formula is C43H82O6. The van der Waals surface area contributed by atoms with Crippen molar-refractivity contribution in [1.82, 2.24) is 0 Å². The molecule has 0 aromatic heterocycles. The summed E-state index contributed by atoms with van der Waals surface area (Å²) in [7, 11) is 0. The minimum absolute atomic E-state index is 0.0642. The molecule has 0 unspecified atom stereocenters. The van der Waals surface area contributed by atoms with E-state index < -0.39 is 6.10 Å². The fourth-order valence-corrected chi connectivity index (χ4v) is 6.32. The van der Waals surface area contributed by atoms with Gasteiger partial charge in [0.05, 0.1) is 0 Å². The van der Waals surface area contributed by atoms with E-state index in [9.17, 15) is 14.4 Å². The van der Waals surface area contributed by atoms with Crippen LogP contribution in [0.25, 0.3) is 0 Å². The van der Waals surface area contributed by atoms with Gasteiger partial charge in [0.1, 0.15) is 13.2 Å². The topological polar surface area (TPSA) is 78.9 Å². The third-order valence-electron chi connectivity index (χ3n) is 9.61. The molecule has 0 heterocycles. The zero-order valence-corrected chi connectivity index (χ0v) is 33.0. The van der Waals surface area contributed by atoms with Gasteiger partial charge in [-0.15, -0.1) is 0 Å². The monoisotopic (exact) mass is 695 g/mol. The number of carbonyl (C=O) groups excluding carboxylic acids is 3. The molecule has 1 atom stereocenters. The van der Waals surface area contributed by atoms with Gasteiger partial charge in [-0.1, -0.05) is 201 Å². The molecule has 0 bridgehead atoms. The van der Waals surface area contributed by atoms with Gasteiger partial charge in [0.25, 0.3) is 0 Å². The number of rotatable bonds is 39. The number of ether oxygens (including phenoxy) is 3. The van der Waals surface area contributed by atoms with E-state index in [1.54, 1.807) is 0 Å². The molecule has 290 valence electrons. The van der Waals surface area contributed by atoms with Crippen molar-refractivity contribution in [3.8, 4) is 0 Å². The van der Waals surface area contributed by atoms with Crippen molar-refractivity contribution in [2.24, 2.45) is 0 Å². The first kappa shape index (κ1) is 47.4. The van der Waals surface area contributed by atoms with Crippen LogP contribution in [-0.2, 0) is 28.6 Å². The van der Waals surface area contributed by atoms with Gasteiger partial charge < -0.3 is 14.2 Å². The lowest BCUT2D eigenvalue weighted by Crippen LogP contribution is -2.30. The number of unbranched alkanes of at least 4 members (excludes halogenated alkanes) is 28. The highest BCUT2D eigenvalue weighted by Gasteiger charge is 2.19. The summed E-state index contributed by atoms with van der Waals surface area (Å²) in [4.78, 5) is 37.3. The molecule has 0 fully saturated rings. The molecule has 0 aliphatic carbocycles. The van der Waals surface area contributed by atoms with E-state index in [1.165, 1.54) is 135 Å². The second-order valence-corrected chi connectivity index (χ2v) is 14.6. The number of carbonyl (C=O) groups is 3. The summed E-state index contributed by atoms with van der Waals surface area (Å²) in [6, 6.07) is 0. The Hall–Kier alpha value is -1.59. The Balaban J connectivity index is 4.20. The van der Waals surface area contributed by atoms with E-state index in [-0.39, 0.29) is 31.1 Å². The van der Waals surface area contributed by atoms with Crippen LogP contribution >= 0.6 is 0 Å². The van der Waals surface area contributed by atoms with Gasteiger partial charge in [-0.05, 0) is 19.3 Å². The molecule has 0 amide bonds. The molecule has 49 heavy (non-hydrogen) atoms. The van der Waals surface area contributed by atoms with Gasteiger partial charge in [-0.3, -0.25) is 14.4 Å². The lowest BCUT2D eigenvalue weighted by Gasteiger charge is -2.18. The summed E-state index contributed by atoms with van der Waals surface area (Å²) in [6.45, 7) is 6.56. The molecular weight excluding hydrogens is 612 g/mol. The van der Waals surface area contributed by atoms with Gasteiger partial charge in [0.2, 0.25) is 0 Å². The first-order valence-corrected chi connectivity index (χ1v) is 21.5. The maximum absolute atomic E-state index is 12.6. The van der Waals surface area contributed by atoms with Crippen molar-refractivity contribution in [3.05, 3.63) is 0 Å². The van der Waals surface area contributed by atoms with Crippen LogP contribution in [0.1, 0.15) is 239 Å². The van der Waals surface area contributed by atoms with Gasteiger partial charge in [-0.2, -0.15) is 0 Å². The first-order valence-electron chi connectivity index (χ1n) is 21.5. The Labute approximate surface area is 304 Å². The van der Waals surface area contributed by atoms with Gasteiger partial charge >= 0.3 is 17.9 Å². The molecule has 6 heteroatoms. The lowest BCUT2D eigenvalue weighted by molar-refractivity contribution is -0.167. The van der Waals surface area contributed by atoms with E-state index in [0.717, 1.165) is 64.2 Å². The third-order valence-corrected chi connectivity index (χ3v) is 9.61. The molecule has 0 saturated heterocycles. The molecule has 0 N–H and O–H groups in total. The summed E-state index contributed by atoms with van der Waals surface area (Å²) in [5.41, 5.74) is 0. The second kappa shape index (κ2) is 39.2. The predicted octanol–water partition coefficient (Wildman–Crippen LogP) is 13.3. The fourth-order valence-electron chi connectivity index (χ4n) is 6.32. The van der Waals surface area contributed by atoms with Crippen LogP contribution < -0.4 is 0 Å². The molecule has 0 aliphatic rings. The normalized spacial score (nSPS) is 11.8.